The van der Waals surface area contributed by atoms with E-state index in [0.29, 0.717) is 6.42 Å². The Labute approximate surface area is 112 Å². The SMILES string of the molecule is CCCC(C#N)NC(=O)C1Cc2ccccc2S1. The summed E-state index contributed by atoms with van der Waals surface area (Å²) in [6, 6.07) is 9.87. The van der Waals surface area contributed by atoms with Crippen LogP contribution in [0.25, 0.3) is 0 Å². The molecule has 0 aliphatic carbocycles. The molecule has 0 bridgehead atoms. The molecule has 0 saturated heterocycles. The van der Waals surface area contributed by atoms with Crippen LogP contribution in [-0.4, -0.2) is 17.2 Å². The van der Waals surface area contributed by atoms with E-state index in [-0.39, 0.29) is 17.2 Å². The van der Waals surface area contributed by atoms with E-state index in [2.05, 4.69) is 17.5 Å². The van der Waals surface area contributed by atoms with E-state index in [1.165, 1.54) is 10.5 Å². The highest BCUT2D eigenvalue weighted by Crippen LogP contribution is 2.36. The molecule has 1 aromatic rings. The van der Waals surface area contributed by atoms with Gasteiger partial charge in [-0.2, -0.15) is 5.26 Å². The first-order valence-corrected chi connectivity index (χ1v) is 7.07. The van der Waals surface area contributed by atoms with Gasteiger partial charge in [-0.15, -0.1) is 11.8 Å². The van der Waals surface area contributed by atoms with E-state index in [1.807, 2.05) is 25.1 Å². The molecule has 1 N–H and O–H groups in total. The van der Waals surface area contributed by atoms with Crippen molar-refractivity contribution in [2.24, 2.45) is 0 Å². The van der Waals surface area contributed by atoms with Crippen LogP contribution in [0.3, 0.4) is 0 Å². The summed E-state index contributed by atoms with van der Waals surface area (Å²) < 4.78 is 0. The highest BCUT2D eigenvalue weighted by molar-refractivity contribution is 8.01. The minimum absolute atomic E-state index is 0.0174. The maximum absolute atomic E-state index is 12.1. The van der Waals surface area contributed by atoms with Crippen molar-refractivity contribution in [3.63, 3.8) is 0 Å². The predicted octanol–water partition coefficient (Wildman–Crippen LogP) is 2.51. The average Bonchev–Trinajstić information content (AvgIpc) is 2.82. The third kappa shape index (κ3) is 2.85. The van der Waals surface area contributed by atoms with Crippen molar-refractivity contribution in [3.05, 3.63) is 29.8 Å². The molecule has 0 radical (unpaired) electrons. The Kier molecular flexibility index (Phi) is 4.27. The highest BCUT2D eigenvalue weighted by atomic mass is 32.2. The average molecular weight is 260 g/mol. The number of fused-ring (bicyclic) bond motifs is 1. The number of thioether (sulfide) groups is 1. The minimum Gasteiger partial charge on any atom is -0.339 e. The van der Waals surface area contributed by atoms with Gasteiger partial charge in [0, 0.05) is 4.90 Å². The fourth-order valence-electron chi connectivity index (χ4n) is 2.05. The van der Waals surface area contributed by atoms with Gasteiger partial charge in [-0.1, -0.05) is 31.5 Å². The van der Waals surface area contributed by atoms with Gasteiger partial charge in [-0.3, -0.25) is 4.79 Å². The van der Waals surface area contributed by atoms with Crippen molar-refractivity contribution in [2.75, 3.05) is 0 Å². The molecule has 0 saturated carbocycles. The molecule has 1 aromatic carbocycles. The van der Waals surface area contributed by atoms with Gasteiger partial charge in [0.05, 0.1) is 11.3 Å². The fraction of sp³-hybridized carbons (Fsp3) is 0.429. The molecule has 18 heavy (non-hydrogen) atoms. The van der Waals surface area contributed by atoms with E-state index in [0.717, 1.165) is 12.8 Å². The standard InChI is InChI=1S/C14H16N2OS/c1-2-5-11(9-15)16-14(17)13-8-10-6-3-4-7-12(10)18-13/h3-4,6-7,11,13H,2,5,8H2,1H3,(H,16,17). The third-order valence-electron chi connectivity index (χ3n) is 2.99. The zero-order valence-corrected chi connectivity index (χ0v) is 11.2. The van der Waals surface area contributed by atoms with E-state index in [1.54, 1.807) is 11.8 Å². The summed E-state index contributed by atoms with van der Waals surface area (Å²) in [5.41, 5.74) is 1.23. The number of nitriles is 1. The van der Waals surface area contributed by atoms with Crippen molar-refractivity contribution >= 4 is 17.7 Å². The number of nitrogens with zero attached hydrogens (tertiary/aromatic N) is 1. The first kappa shape index (κ1) is 13.0. The van der Waals surface area contributed by atoms with Gasteiger partial charge in [0.15, 0.2) is 0 Å². The lowest BCUT2D eigenvalue weighted by Crippen LogP contribution is -2.39. The van der Waals surface area contributed by atoms with Crippen LogP contribution < -0.4 is 5.32 Å². The van der Waals surface area contributed by atoms with Gasteiger partial charge < -0.3 is 5.32 Å². The Morgan fingerprint density at radius 1 is 1.61 bits per heavy atom. The molecule has 0 aromatic heterocycles. The van der Waals surface area contributed by atoms with Crippen LogP contribution in [0.4, 0.5) is 0 Å². The second-order valence-electron chi connectivity index (χ2n) is 4.40. The second-order valence-corrected chi connectivity index (χ2v) is 5.64. The smallest absolute Gasteiger partial charge is 0.234 e. The Balaban J connectivity index is 1.95. The predicted molar refractivity (Wildman–Crippen MR) is 72.2 cm³/mol. The molecule has 4 heteroatoms. The Hall–Kier alpha value is -1.47. The number of carbonyl (C=O) groups excluding carboxylic acids is 1. The summed E-state index contributed by atoms with van der Waals surface area (Å²) in [4.78, 5) is 13.3. The maximum Gasteiger partial charge on any atom is 0.234 e. The Morgan fingerprint density at radius 3 is 3.06 bits per heavy atom. The number of carbonyl (C=O) groups is 1. The monoisotopic (exact) mass is 260 g/mol. The number of hydrogen-bond donors (Lipinski definition) is 1. The van der Waals surface area contributed by atoms with Crippen molar-refractivity contribution in [2.45, 2.75) is 42.4 Å². The number of amides is 1. The molecule has 2 unspecified atom stereocenters. The minimum atomic E-state index is -0.355. The molecule has 0 spiro atoms. The lowest BCUT2D eigenvalue weighted by molar-refractivity contribution is -0.120. The van der Waals surface area contributed by atoms with Crippen molar-refractivity contribution in [1.82, 2.24) is 5.32 Å². The van der Waals surface area contributed by atoms with Gasteiger partial charge >= 0.3 is 0 Å². The Bertz CT molecular complexity index is 456. The topological polar surface area (TPSA) is 52.9 Å². The zero-order valence-electron chi connectivity index (χ0n) is 10.3. The second kappa shape index (κ2) is 5.92. The summed E-state index contributed by atoms with van der Waals surface area (Å²) in [5.74, 6) is -0.0174. The summed E-state index contributed by atoms with van der Waals surface area (Å²) in [7, 11) is 0. The molecule has 94 valence electrons. The Morgan fingerprint density at radius 2 is 2.39 bits per heavy atom. The van der Waals surface area contributed by atoms with Gasteiger partial charge in [0.1, 0.15) is 6.04 Å². The van der Waals surface area contributed by atoms with Crippen molar-refractivity contribution < 1.29 is 4.79 Å². The summed E-state index contributed by atoms with van der Waals surface area (Å²) >= 11 is 1.59. The summed E-state index contributed by atoms with van der Waals surface area (Å²) in [6.45, 7) is 2.01. The number of nitrogens with one attached hydrogen (secondary N) is 1. The molecule has 0 fully saturated rings. The first-order chi connectivity index (χ1) is 8.74. The summed E-state index contributed by atoms with van der Waals surface area (Å²) in [5, 5.41) is 11.7. The fourth-order valence-corrected chi connectivity index (χ4v) is 3.26. The van der Waals surface area contributed by atoms with E-state index in [9.17, 15) is 4.79 Å². The normalized spacial score (nSPS) is 18.8. The van der Waals surface area contributed by atoms with Crippen LogP contribution in [0.15, 0.2) is 29.2 Å². The van der Waals surface area contributed by atoms with Gasteiger partial charge in [-0.05, 0) is 24.5 Å². The molecule has 1 aliphatic rings. The van der Waals surface area contributed by atoms with Gasteiger partial charge in [0.25, 0.3) is 0 Å². The van der Waals surface area contributed by atoms with Gasteiger partial charge in [0.2, 0.25) is 5.91 Å². The van der Waals surface area contributed by atoms with Gasteiger partial charge in [-0.25, -0.2) is 0 Å². The van der Waals surface area contributed by atoms with E-state index < -0.39 is 0 Å². The van der Waals surface area contributed by atoms with Crippen molar-refractivity contribution in [1.29, 1.82) is 5.26 Å². The largest absolute Gasteiger partial charge is 0.339 e. The van der Waals surface area contributed by atoms with E-state index >= 15 is 0 Å². The molecule has 1 heterocycles. The molecule has 2 atom stereocenters. The van der Waals surface area contributed by atoms with Crippen molar-refractivity contribution in [3.8, 4) is 6.07 Å². The van der Waals surface area contributed by atoms with Crippen LogP contribution >= 0.6 is 11.8 Å². The van der Waals surface area contributed by atoms with Crippen LogP contribution in [-0.2, 0) is 11.2 Å². The highest BCUT2D eigenvalue weighted by Gasteiger charge is 2.28. The van der Waals surface area contributed by atoms with Crippen LogP contribution in [0, 0.1) is 11.3 Å². The number of hydrogen-bond acceptors (Lipinski definition) is 3. The molecule has 1 aliphatic heterocycles. The maximum atomic E-state index is 12.1. The molecular weight excluding hydrogens is 244 g/mol. The lowest BCUT2D eigenvalue weighted by atomic mass is 10.1. The lowest BCUT2D eigenvalue weighted by Gasteiger charge is -2.13. The molecule has 3 nitrogen and oxygen atoms in total. The molecule has 1 amide bonds. The van der Waals surface area contributed by atoms with Crippen LogP contribution in [0.2, 0.25) is 0 Å². The van der Waals surface area contributed by atoms with E-state index in [4.69, 9.17) is 5.26 Å². The molecule has 2 rings (SSSR count). The third-order valence-corrected chi connectivity index (χ3v) is 4.31. The molecular formula is C14H16N2OS. The number of benzene rings is 1. The first-order valence-electron chi connectivity index (χ1n) is 6.19. The number of rotatable bonds is 4. The quantitative estimate of drug-likeness (QED) is 0.905. The van der Waals surface area contributed by atoms with Crippen LogP contribution in [0.5, 0.6) is 0 Å². The zero-order chi connectivity index (χ0) is 13.0. The summed E-state index contributed by atoms with van der Waals surface area (Å²) in [6.07, 6.45) is 2.38. The van der Waals surface area contributed by atoms with Crippen LogP contribution in [0.1, 0.15) is 25.3 Å².